The van der Waals surface area contributed by atoms with Gasteiger partial charge in [-0.25, -0.2) is 4.79 Å². The maximum atomic E-state index is 12.9. The molecule has 3 aromatic rings. The van der Waals surface area contributed by atoms with Crippen LogP contribution >= 0.6 is 0 Å². The number of ether oxygens (including phenoxy) is 3. The maximum Gasteiger partial charge on any atom is 0.339 e. The zero-order valence-electron chi connectivity index (χ0n) is 16.8. The Morgan fingerprint density at radius 1 is 0.767 bits per heavy atom. The molecule has 0 radical (unpaired) electrons. The van der Waals surface area contributed by atoms with E-state index in [2.05, 4.69) is 0 Å². The van der Waals surface area contributed by atoms with Crippen LogP contribution < -0.4 is 9.47 Å². The van der Waals surface area contributed by atoms with Gasteiger partial charge in [0.15, 0.2) is 12.4 Å². The first kappa shape index (κ1) is 20.9. The molecule has 5 heteroatoms. The van der Waals surface area contributed by atoms with Crippen molar-refractivity contribution in [3.63, 3.8) is 0 Å². The molecule has 0 atom stereocenters. The highest BCUT2D eigenvalue weighted by molar-refractivity contribution is 6.22. The Kier molecular flexibility index (Phi) is 7.00. The lowest BCUT2D eigenvalue weighted by Crippen LogP contribution is -2.15. The van der Waals surface area contributed by atoms with E-state index in [1.54, 1.807) is 44.6 Å². The Labute approximate surface area is 175 Å². The monoisotopic (exact) mass is 402 g/mol. The highest BCUT2D eigenvalue weighted by Gasteiger charge is 2.17. The zero-order valence-corrected chi connectivity index (χ0v) is 16.8. The van der Waals surface area contributed by atoms with E-state index < -0.39 is 5.97 Å². The molecular formula is C25H22O5. The molecule has 0 aliphatic heterocycles. The first-order valence-corrected chi connectivity index (χ1v) is 9.37. The summed E-state index contributed by atoms with van der Waals surface area (Å²) in [5.41, 5.74) is 2.20. The maximum absolute atomic E-state index is 12.9. The van der Waals surface area contributed by atoms with Gasteiger partial charge in [0.25, 0.3) is 0 Å². The lowest BCUT2D eigenvalue weighted by Gasteiger charge is -2.10. The molecule has 30 heavy (non-hydrogen) atoms. The summed E-state index contributed by atoms with van der Waals surface area (Å²) in [7, 11) is 3.12. The van der Waals surface area contributed by atoms with Crippen LogP contribution in [0.3, 0.4) is 0 Å². The van der Waals surface area contributed by atoms with Crippen LogP contribution in [0.1, 0.15) is 21.5 Å². The molecule has 0 aromatic heterocycles. The molecular weight excluding hydrogens is 380 g/mol. The number of carbonyl (C=O) groups is 2. The van der Waals surface area contributed by atoms with E-state index in [1.165, 1.54) is 0 Å². The molecule has 0 unspecified atom stereocenters. The summed E-state index contributed by atoms with van der Waals surface area (Å²) >= 11 is 0. The summed E-state index contributed by atoms with van der Waals surface area (Å²) in [6.07, 6.45) is 1.70. The third-order valence-corrected chi connectivity index (χ3v) is 4.49. The fourth-order valence-electron chi connectivity index (χ4n) is 2.89. The summed E-state index contributed by atoms with van der Waals surface area (Å²) in [5, 5.41) is 0. The van der Waals surface area contributed by atoms with E-state index in [9.17, 15) is 9.59 Å². The molecule has 0 fully saturated rings. The molecule has 0 aliphatic rings. The number of hydrogen-bond donors (Lipinski definition) is 0. The topological polar surface area (TPSA) is 61.8 Å². The third-order valence-electron chi connectivity index (χ3n) is 4.49. The first-order valence-electron chi connectivity index (χ1n) is 9.37. The molecule has 3 rings (SSSR count). The van der Waals surface area contributed by atoms with Crippen LogP contribution in [-0.2, 0) is 9.53 Å². The van der Waals surface area contributed by atoms with Gasteiger partial charge in [0.05, 0.1) is 19.8 Å². The Morgan fingerprint density at radius 3 is 2.10 bits per heavy atom. The van der Waals surface area contributed by atoms with Gasteiger partial charge in [-0.1, -0.05) is 48.5 Å². The van der Waals surface area contributed by atoms with Crippen LogP contribution in [0.25, 0.3) is 11.6 Å². The predicted molar refractivity (Wildman–Crippen MR) is 116 cm³/mol. The van der Waals surface area contributed by atoms with Crippen molar-refractivity contribution < 1.29 is 23.8 Å². The smallest absolute Gasteiger partial charge is 0.339 e. The SMILES string of the molecule is COc1ccc(C(=O)COC(=O)/C(=C/c2ccccc2OC)c2ccccc2)cc1. The van der Waals surface area contributed by atoms with Crippen molar-refractivity contribution in [3.05, 3.63) is 95.6 Å². The summed E-state index contributed by atoms with van der Waals surface area (Å²) in [5.74, 6) is 0.396. The third kappa shape index (κ3) is 5.14. The van der Waals surface area contributed by atoms with Crippen LogP contribution in [0, 0.1) is 0 Å². The average Bonchev–Trinajstić information content (AvgIpc) is 2.81. The van der Waals surface area contributed by atoms with Crippen molar-refractivity contribution in [1.29, 1.82) is 0 Å². The number of Topliss-reactive ketones (excluding diaryl/α,β-unsaturated/α-hetero) is 1. The molecule has 0 amide bonds. The molecule has 152 valence electrons. The van der Waals surface area contributed by atoms with Gasteiger partial charge in [0.2, 0.25) is 0 Å². The minimum absolute atomic E-state index is 0.296. The first-order chi connectivity index (χ1) is 14.6. The predicted octanol–water partition coefficient (Wildman–Crippen LogP) is 4.67. The van der Waals surface area contributed by atoms with Gasteiger partial charge >= 0.3 is 5.97 Å². The summed E-state index contributed by atoms with van der Waals surface area (Å²) in [4.78, 5) is 25.3. The van der Waals surface area contributed by atoms with Crippen molar-refractivity contribution in [2.45, 2.75) is 0 Å². The second-order valence-corrected chi connectivity index (χ2v) is 6.39. The van der Waals surface area contributed by atoms with Crippen molar-refractivity contribution in [1.82, 2.24) is 0 Å². The van der Waals surface area contributed by atoms with Crippen molar-refractivity contribution >= 4 is 23.4 Å². The number of methoxy groups -OCH3 is 2. The molecule has 5 nitrogen and oxygen atoms in total. The summed E-state index contributed by atoms with van der Waals surface area (Å²) in [6, 6.07) is 23.2. The van der Waals surface area contributed by atoms with Gasteiger partial charge < -0.3 is 14.2 Å². The molecule has 0 saturated heterocycles. The van der Waals surface area contributed by atoms with Crippen LogP contribution in [0.5, 0.6) is 11.5 Å². The second kappa shape index (κ2) is 10.1. The number of ketones is 1. The normalized spacial score (nSPS) is 10.9. The van der Waals surface area contributed by atoms with E-state index in [1.807, 2.05) is 54.6 Å². The van der Waals surface area contributed by atoms with Crippen molar-refractivity contribution in [2.24, 2.45) is 0 Å². The molecule has 0 saturated carbocycles. The van der Waals surface area contributed by atoms with Crippen LogP contribution in [0.4, 0.5) is 0 Å². The highest BCUT2D eigenvalue weighted by atomic mass is 16.5. The quantitative estimate of drug-likeness (QED) is 0.237. The molecule has 3 aromatic carbocycles. The van der Waals surface area contributed by atoms with Crippen molar-refractivity contribution in [3.8, 4) is 11.5 Å². The van der Waals surface area contributed by atoms with Gasteiger partial charge in [-0.2, -0.15) is 0 Å². The number of esters is 1. The van der Waals surface area contributed by atoms with Gasteiger partial charge in [-0.05, 0) is 42.0 Å². The van der Waals surface area contributed by atoms with E-state index in [-0.39, 0.29) is 12.4 Å². The number of benzene rings is 3. The molecule has 0 bridgehead atoms. The van der Waals surface area contributed by atoms with Crippen molar-refractivity contribution in [2.75, 3.05) is 20.8 Å². The minimum Gasteiger partial charge on any atom is -0.497 e. The van der Waals surface area contributed by atoms with Crippen LogP contribution in [-0.4, -0.2) is 32.6 Å². The summed E-state index contributed by atoms with van der Waals surface area (Å²) in [6.45, 7) is -0.360. The second-order valence-electron chi connectivity index (χ2n) is 6.39. The minimum atomic E-state index is -0.589. The Balaban J connectivity index is 1.82. The molecule has 0 heterocycles. The highest BCUT2D eigenvalue weighted by Crippen LogP contribution is 2.25. The lowest BCUT2D eigenvalue weighted by molar-refractivity contribution is -0.135. The number of carbonyl (C=O) groups excluding carboxylic acids is 2. The molecule has 0 aliphatic carbocycles. The van der Waals surface area contributed by atoms with E-state index in [4.69, 9.17) is 14.2 Å². The number of para-hydroxylation sites is 1. The summed E-state index contributed by atoms with van der Waals surface area (Å²) < 4.78 is 15.8. The fraction of sp³-hybridized carbons (Fsp3) is 0.120. The van der Waals surface area contributed by atoms with Crippen LogP contribution in [0.15, 0.2) is 78.9 Å². The lowest BCUT2D eigenvalue weighted by atomic mass is 10.0. The number of hydrogen-bond acceptors (Lipinski definition) is 5. The van der Waals surface area contributed by atoms with E-state index >= 15 is 0 Å². The Morgan fingerprint density at radius 2 is 1.43 bits per heavy atom. The fourth-order valence-corrected chi connectivity index (χ4v) is 2.89. The van der Waals surface area contributed by atoms with E-state index in [0.29, 0.717) is 28.2 Å². The standard InChI is InChI=1S/C25H22O5/c1-28-21-14-12-19(13-15-21)23(26)17-30-25(27)22(18-8-4-3-5-9-18)16-20-10-6-7-11-24(20)29-2/h3-16H,17H2,1-2H3/b22-16+. The Bertz CT molecular complexity index is 1040. The van der Waals surface area contributed by atoms with Gasteiger partial charge in [-0.15, -0.1) is 0 Å². The number of rotatable bonds is 8. The Hall–Kier alpha value is -3.86. The largest absolute Gasteiger partial charge is 0.497 e. The van der Waals surface area contributed by atoms with E-state index in [0.717, 1.165) is 5.56 Å². The molecule has 0 spiro atoms. The average molecular weight is 402 g/mol. The zero-order chi connectivity index (χ0) is 21.3. The van der Waals surface area contributed by atoms with Gasteiger partial charge in [0, 0.05) is 11.1 Å². The van der Waals surface area contributed by atoms with Crippen LogP contribution in [0.2, 0.25) is 0 Å². The van der Waals surface area contributed by atoms with Gasteiger partial charge in [0.1, 0.15) is 11.5 Å². The molecule has 0 N–H and O–H groups in total. The van der Waals surface area contributed by atoms with Gasteiger partial charge in [-0.3, -0.25) is 4.79 Å².